The summed E-state index contributed by atoms with van der Waals surface area (Å²) in [6.45, 7) is -0.636. The minimum absolute atomic E-state index is 0.00258. The van der Waals surface area contributed by atoms with Crippen LogP contribution in [0.1, 0.15) is 16.1 Å². The van der Waals surface area contributed by atoms with Gasteiger partial charge in [0.1, 0.15) is 6.61 Å². The molecular formula is C9H9ClF2O2S. The van der Waals surface area contributed by atoms with Gasteiger partial charge in [0.2, 0.25) is 0 Å². The van der Waals surface area contributed by atoms with E-state index < -0.39 is 13.0 Å². The van der Waals surface area contributed by atoms with E-state index in [-0.39, 0.29) is 18.8 Å². The van der Waals surface area contributed by atoms with E-state index in [1.807, 2.05) is 0 Å². The summed E-state index contributed by atoms with van der Waals surface area (Å²) in [5.41, 5.74) is 0. The number of hydrogen-bond donors (Lipinski definition) is 0. The fourth-order valence-electron chi connectivity index (χ4n) is 0.944. The molecule has 0 aromatic carbocycles. The third-order valence-corrected chi connectivity index (χ3v) is 2.97. The predicted octanol–water partition coefficient (Wildman–Crippen LogP) is 3.26. The van der Waals surface area contributed by atoms with Gasteiger partial charge in [-0.15, -0.1) is 11.3 Å². The molecule has 2 nitrogen and oxygen atoms in total. The molecule has 1 aromatic rings. The van der Waals surface area contributed by atoms with Crippen LogP contribution in [-0.2, 0) is 4.74 Å². The highest BCUT2D eigenvalue weighted by atomic mass is 35.5. The van der Waals surface area contributed by atoms with Crippen molar-refractivity contribution in [2.45, 2.75) is 12.8 Å². The fourth-order valence-corrected chi connectivity index (χ4v) is 2.07. The molecule has 84 valence electrons. The van der Waals surface area contributed by atoms with Crippen molar-refractivity contribution in [3.63, 3.8) is 0 Å². The summed E-state index contributed by atoms with van der Waals surface area (Å²) in [5, 5.41) is 2.11. The second kappa shape index (κ2) is 6.15. The molecule has 0 spiro atoms. The number of rotatable bonds is 6. The molecule has 0 saturated heterocycles. The maximum absolute atomic E-state index is 11.7. The van der Waals surface area contributed by atoms with E-state index in [0.29, 0.717) is 9.90 Å². The average Bonchev–Trinajstić information content (AvgIpc) is 2.58. The quantitative estimate of drug-likeness (QED) is 0.575. The molecule has 1 aromatic heterocycles. The van der Waals surface area contributed by atoms with Gasteiger partial charge >= 0.3 is 0 Å². The van der Waals surface area contributed by atoms with E-state index in [1.165, 1.54) is 11.3 Å². The molecule has 0 bridgehead atoms. The number of halogens is 3. The monoisotopic (exact) mass is 254 g/mol. The maximum atomic E-state index is 11.7. The molecule has 0 saturated carbocycles. The summed E-state index contributed by atoms with van der Waals surface area (Å²) in [6, 6.07) is 1.62. The van der Waals surface area contributed by atoms with E-state index in [1.54, 1.807) is 11.4 Å². The number of carbonyl (C=O) groups excluding carboxylic acids is 1. The largest absolute Gasteiger partial charge is 0.375 e. The van der Waals surface area contributed by atoms with Crippen LogP contribution in [0.25, 0.3) is 0 Å². The van der Waals surface area contributed by atoms with Crippen molar-refractivity contribution < 1.29 is 18.3 Å². The van der Waals surface area contributed by atoms with Crippen molar-refractivity contribution in [2.75, 3.05) is 13.2 Å². The summed E-state index contributed by atoms with van der Waals surface area (Å²) in [4.78, 5) is 11.9. The molecule has 1 rings (SSSR count). The Balaban J connectivity index is 2.28. The van der Waals surface area contributed by atoms with Crippen LogP contribution in [0, 0.1) is 0 Å². The third kappa shape index (κ3) is 4.24. The number of carbonyl (C=O) groups is 1. The van der Waals surface area contributed by atoms with Crippen LogP contribution in [0.5, 0.6) is 0 Å². The standard InChI is InChI=1S/C9H9ClF2O2S/c10-6-2-4-15-9(6)7(13)1-3-14-5-8(11)12/h2,4,8H,1,3,5H2. The summed E-state index contributed by atoms with van der Waals surface area (Å²) in [5.74, 6) is -0.177. The molecule has 0 aliphatic heterocycles. The van der Waals surface area contributed by atoms with Crippen molar-refractivity contribution >= 4 is 28.7 Å². The van der Waals surface area contributed by atoms with Crippen molar-refractivity contribution in [3.05, 3.63) is 21.3 Å². The number of alkyl halides is 2. The highest BCUT2D eigenvalue weighted by Gasteiger charge is 2.11. The SMILES string of the molecule is O=C(CCOCC(F)F)c1sccc1Cl. The summed E-state index contributed by atoms with van der Waals surface area (Å²) < 4.78 is 27.9. The molecule has 0 atom stereocenters. The van der Waals surface area contributed by atoms with Crippen molar-refractivity contribution in [2.24, 2.45) is 0 Å². The summed E-state index contributed by atoms with van der Waals surface area (Å²) in [6.07, 6.45) is -2.42. The molecule has 6 heteroatoms. The zero-order chi connectivity index (χ0) is 11.3. The van der Waals surface area contributed by atoms with Crippen LogP contribution in [-0.4, -0.2) is 25.4 Å². The lowest BCUT2D eigenvalue weighted by molar-refractivity contribution is 0.0170. The van der Waals surface area contributed by atoms with E-state index in [2.05, 4.69) is 4.74 Å². The second-order valence-corrected chi connectivity index (χ2v) is 4.06. The Hall–Kier alpha value is -0.520. The normalized spacial score (nSPS) is 10.9. The smallest absolute Gasteiger partial charge is 0.261 e. The van der Waals surface area contributed by atoms with Gasteiger partial charge in [0.15, 0.2) is 5.78 Å². The zero-order valence-corrected chi connectivity index (χ0v) is 9.28. The van der Waals surface area contributed by atoms with Crippen molar-refractivity contribution in [1.29, 1.82) is 0 Å². The number of thiophene rings is 1. The summed E-state index contributed by atoms with van der Waals surface area (Å²) in [7, 11) is 0. The Bertz CT molecular complexity index is 328. The number of ether oxygens (including phenoxy) is 1. The first kappa shape index (κ1) is 12.5. The molecule has 1 heterocycles. The van der Waals surface area contributed by atoms with Gasteiger partial charge in [0.25, 0.3) is 6.43 Å². The van der Waals surface area contributed by atoms with Crippen LogP contribution in [0.15, 0.2) is 11.4 Å². The molecule has 0 amide bonds. The predicted molar refractivity (Wildman–Crippen MR) is 55.1 cm³/mol. The second-order valence-electron chi connectivity index (χ2n) is 2.74. The van der Waals surface area contributed by atoms with Gasteiger partial charge in [0.05, 0.1) is 16.5 Å². The number of hydrogen-bond acceptors (Lipinski definition) is 3. The Morgan fingerprint density at radius 3 is 2.87 bits per heavy atom. The summed E-state index contributed by atoms with van der Waals surface area (Å²) >= 11 is 6.96. The van der Waals surface area contributed by atoms with Gasteiger partial charge in [0, 0.05) is 6.42 Å². The van der Waals surface area contributed by atoms with E-state index in [0.717, 1.165) is 0 Å². The Morgan fingerprint density at radius 2 is 2.33 bits per heavy atom. The van der Waals surface area contributed by atoms with Crippen molar-refractivity contribution in [3.8, 4) is 0 Å². The number of ketones is 1. The third-order valence-electron chi connectivity index (χ3n) is 1.59. The molecule has 0 radical (unpaired) electrons. The lowest BCUT2D eigenvalue weighted by Gasteiger charge is -2.02. The zero-order valence-electron chi connectivity index (χ0n) is 7.71. The minimum atomic E-state index is -2.49. The van der Waals surface area contributed by atoms with Crippen molar-refractivity contribution in [1.82, 2.24) is 0 Å². The van der Waals surface area contributed by atoms with Crippen LogP contribution >= 0.6 is 22.9 Å². The molecule has 0 N–H and O–H groups in total. The Labute approximate surface area is 94.8 Å². The minimum Gasteiger partial charge on any atom is -0.375 e. The van der Waals surface area contributed by atoms with Crippen LogP contribution in [0.2, 0.25) is 5.02 Å². The first-order valence-electron chi connectivity index (χ1n) is 4.23. The van der Waals surface area contributed by atoms with E-state index >= 15 is 0 Å². The molecule has 0 unspecified atom stereocenters. The van der Waals surface area contributed by atoms with Gasteiger partial charge in [-0.1, -0.05) is 11.6 Å². The van der Waals surface area contributed by atoms with E-state index in [4.69, 9.17) is 11.6 Å². The van der Waals surface area contributed by atoms with E-state index in [9.17, 15) is 13.6 Å². The van der Waals surface area contributed by atoms with Crippen LogP contribution < -0.4 is 0 Å². The Kier molecular flexibility index (Phi) is 5.14. The van der Waals surface area contributed by atoms with Gasteiger partial charge < -0.3 is 4.74 Å². The van der Waals surface area contributed by atoms with Crippen LogP contribution in [0.3, 0.4) is 0 Å². The van der Waals surface area contributed by atoms with Gasteiger partial charge in [-0.3, -0.25) is 4.79 Å². The van der Waals surface area contributed by atoms with Gasteiger partial charge in [-0.05, 0) is 11.4 Å². The first-order valence-corrected chi connectivity index (χ1v) is 5.49. The highest BCUT2D eigenvalue weighted by Crippen LogP contribution is 2.23. The Morgan fingerprint density at radius 1 is 1.60 bits per heavy atom. The van der Waals surface area contributed by atoms with Crippen LogP contribution in [0.4, 0.5) is 8.78 Å². The lowest BCUT2D eigenvalue weighted by Crippen LogP contribution is -2.08. The highest BCUT2D eigenvalue weighted by molar-refractivity contribution is 7.12. The van der Waals surface area contributed by atoms with Gasteiger partial charge in [-0.25, -0.2) is 8.78 Å². The molecule has 0 fully saturated rings. The number of Topliss-reactive ketones (excluding diaryl/α,β-unsaturated/α-hetero) is 1. The van der Waals surface area contributed by atoms with Gasteiger partial charge in [-0.2, -0.15) is 0 Å². The average molecular weight is 255 g/mol. The lowest BCUT2D eigenvalue weighted by atomic mass is 10.2. The fraction of sp³-hybridized carbons (Fsp3) is 0.444. The molecule has 0 aliphatic carbocycles. The topological polar surface area (TPSA) is 26.3 Å². The molecular weight excluding hydrogens is 246 g/mol. The maximum Gasteiger partial charge on any atom is 0.261 e. The molecule has 0 aliphatic rings. The first-order chi connectivity index (χ1) is 7.11. The molecule has 15 heavy (non-hydrogen) atoms.